The van der Waals surface area contributed by atoms with Crippen molar-refractivity contribution in [3.63, 3.8) is 0 Å². The molecule has 0 aliphatic heterocycles. The van der Waals surface area contributed by atoms with Gasteiger partial charge in [-0.15, -0.1) is 0 Å². The number of hydrogen-bond donors (Lipinski definition) is 1. The summed E-state index contributed by atoms with van der Waals surface area (Å²) in [6, 6.07) is 19.9. The van der Waals surface area contributed by atoms with Crippen LogP contribution in [0.4, 0.5) is 5.69 Å². The first-order chi connectivity index (χ1) is 14.3. The molecule has 6 nitrogen and oxygen atoms in total. The SMILES string of the molecule is COc1ccccc1CNC(=O)c1cc(N(C)S(=O)(=O)c2ccccc2)ccc1Cl. The minimum Gasteiger partial charge on any atom is -0.496 e. The number of nitrogens with one attached hydrogen (secondary N) is 1. The molecule has 3 rings (SSSR count). The van der Waals surface area contributed by atoms with Gasteiger partial charge in [-0.25, -0.2) is 8.42 Å². The third-order valence-electron chi connectivity index (χ3n) is 4.59. The van der Waals surface area contributed by atoms with Gasteiger partial charge >= 0.3 is 0 Å². The molecular formula is C22H21ClN2O4S. The number of carbonyl (C=O) groups excluding carboxylic acids is 1. The average Bonchev–Trinajstić information content (AvgIpc) is 2.78. The maximum Gasteiger partial charge on any atom is 0.264 e. The zero-order valence-corrected chi connectivity index (χ0v) is 18.1. The number of benzene rings is 3. The molecule has 1 N–H and O–H groups in total. The molecule has 8 heteroatoms. The molecule has 156 valence electrons. The van der Waals surface area contributed by atoms with Crippen LogP contribution >= 0.6 is 11.6 Å². The van der Waals surface area contributed by atoms with Gasteiger partial charge in [-0.3, -0.25) is 9.10 Å². The lowest BCUT2D eigenvalue weighted by Gasteiger charge is -2.20. The Morgan fingerprint density at radius 3 is 2.40 bits per heavy atom. The molecule has 0 spiro atoms. The van der Waals surface area contributed by atoms with E-state index in [2.05, 4.69) is 5.32 Å². The molecule has 0 radical (unpaired) electrons. The number of methoxy groups -OCH3 is 1. The van der Waals surface area contributed by atoms with Gasteiger partial charge in [-0.2, -0.15) is 0 Å². The van der Waals surface area contributed by atoms with Crippen molar-refractivity contribution in [1.82, 2.24) is 5.32 Å². The lowest BCUT2D eigenvalue weighted by atomic mass is 10.1. The summed E-state index contributed by atoms with van der Waals surface area (Å²) in [4.78, 5) is 12.9. The first-order valence-corrected chi connectivity index (χ1v) is 10.9. The zero-order valence-electron chi connectivity index (χ0n) is 16.5. The van der Waals surface area contributed by atoms with Crippen LogP contribution in [0.5, 0.6) is 5.75 Å². The van der Waals surface area contributed by atoms with Gasteiger partial charge in [0, 0.05) is 19.2 Å². The van der Waals surface area contributed by atoms with Gasteiger partial charge < -0.3 is 10.1 Å². The van der Waals surface area contributed by atoms with Crippen LogP contribution in [-0.2, 0) is 16.6 Å². The monoisotopic (exact) mass is 444 g/mol. The zero-order chi connectivity index (χ0) is 21.7. The van der Waals surface area contributed by atoms with E-state index >= 15 is 0 Å². The minimum atomic E-state index is -3.77. The molecule has 30 heavy (non-hydrogen) atoms. The predicted molar refractivity (Wildman–Crippen MR) is 118 cm³/mol. The highest BCUT2D eigenvalue weighted by molar-refractivity contribution is 7.92. The van der Waals surface area contributed by atoms with E-state index in [-0.39, 0.29) is 22.0 Å². The number of amides is 1. The third kappa shape index (κ3) is 4.58. The molecule has 0 aromatic heterocycles. The van der Waals surface area contributed by atoms with E-state index in [1.165, 1.54) is 31.3 Å². The molecule has 0 unspecified atom stereocenters. The summed E-state index contributed by atoms with van der Waals surface area (Å²) >= 11 is 6.21. The number of nitrogens with zero attached hydrogens (tertiary/aromatic N) is 1. The summed E-state index contributed by atoms with van der Waals surface area (Å²) in [5, 5.41) is 3.02. The Morgan fingerprint density at radius 2 is 1.70 bits per heavy atom. The van der Waals surface area contributed by atoms with Gasteiger partial charge in [-0.1, -0.05) is 48.0 Å². The normalized spacial score (nSPS) is 11.0. The van der Waals surface area contributed by atoms with Crippen molar-refractivity contribution >= 4 is 33.2 Å². The smallest absolute Gasteiger partial charge is 0.264 e. The predicted octanol–water partition coefficient (Wildman–Crippen LogP) is 4.10. The van der Waals surface area contributed by atoms with Crippen molar-refractivity contribution in [3.05, 3.63) is 88.9 Å². The Bertz CT molecular complexity index is 1150. The molecule has 3 aromatic rings. The van der Waals surface area contributed by atoms with Crippen LogP contribution in [0.3, 0.4) is 0 Å². The maximum atomic E-state index is 12.9. The van der Waals surface area contributed by atoms with Gasteiger partial charge in [0.15, 0.2) is 0 Å². The van der Waals surface area contributed by atoms with Gasteiger partial charge in [-0.05, 0) is 36.4 Å². The van der Waals surface area contributed by atoms with Crippen LogP contribution in [0.2, 0.25) is 5.02 Å². The van der Waals surface area contributed by atoms with E-state index in [1.54, 1.807) is 37.4 Å². The first kappa shape index (κ1) is 21.7. The Kier molecular flexibility index (Phi) is 6.64. The molecule has 0 heterocycles. The number of sulfonamides is 1. The summed E-state index contributed by atoms with van der Waals surface area (Å²) in [5.41, 5.74) is 1.31. The van der Waals surface area contributed by atoms with E-state index in [1.807, 2.05) is 18.2 Å². The quantitative estimate of drug-likeness (QED) is 0.595. The first-order valence-electron chi connectivity index (χ1n) is 9.08. The van der Waals surface area contributed by atoms with E-state index < -0.39 is 15.9 Å². The minimum absolute atomic E-state index is 0.157. The lowest BCUT2D eigenvalue weighted by molar-refractivity contribution is 0.0951. The van der Waals surface area contributed by atoms with Gasteiger partial charge in [0.25, 0.3) is 15.9 Å². The second-order valence-electron chi connectivity index (χ2n) is 6.44. The molecule has 0 atom stereocenters. The molecule has 0 fully saturated rings. The number of halogens is 1. The third-order valence-corrected chi connectivity index (χ3v) is 6.72. The van der Waals surface area contributed by atoms with Gasteiger partial charge in [0.2, 0.25) is 0 Å². The van der Waals surface area contributed by atoms with E-state index in [9.17, 15) is 13.2 Å². The summed E-state index contributed by atoms with van der Waals surface area (Å²) < 4.78 is 32.1. The number of ether oxygens (including phenoxy) is 1. The molecule has 1 amide bonds. The summed E-state index contributed by atoms with van der Waals surface area (Å²) in [6.07, 6.45) is 0. The molecule has 0 aliphatic rings. The van der Waals surface area contributed by atoms with Crippen molar-refractivity contribution < 1.29 is 17.9 Å². The topological polar surface area (TPSA) is 75.7 Å². The lowest BCUT2D eigenvalue weighted by Crippen LogP contribution is -2.27. The molecule has 0 saturated carbocycles. The highest BCUT2D eigenvalue weighted by Crippen LogP contribution is 2.27. The average molecular weight is 445 g/mol. The fourth-order valence-electron chi connectivity index (χ4n) is 2.89. The van der Waals surface area contributed by atoms with Crippen molar-refractivity contribution in [2.24, 2.45) is 0 Å². The number of carbonyl (C=O) groups is 1. The van der Waals surface area contributed by atoms with E-state index in [4.69, 9.17) is 16.3 Å². The van der Waals surface area contributed by atoms with Crippen molar-refractivity contribution in [2.75, 3.05) is 18.5 Å². The van der Waals surface area contributed by atoms with E-state index in [0.29, 0.717) is 11.4 Å². The van der Waals surface area contributed by atoms with Crippen LogP contribution in [0.1, 0.15) is 15.9 Å². The number of rotatable bonds is 7. The fourth-order valence-corrected chi connectivity index (χ4v) is 4.30. The largest absolute Gasteiger partial charge is 0.496 e. The molecule has 0 aliphatic carbocycles. The van der Waals surface area contributed by atoms with Crippen LogP contribution in [-0.4, -0.2) is 28.5 Å². The molecular weight excluding hydrogens is 424 g/mol. The van der Waals surface area contributed by atoms with Crippen LogP contribution < -0.4 is 14.4 Å². The summed E-state index contributed by atoms with van der Waals surface area (Å²) in [6.45, 7) is 0.238. The second-order valence-corrected chi connectivity index (χ2v) is 8.82. The number of hydrogen-bond acceptors (Lipinski definition) is 4. The maximum absolute atomic E-state index is 12.9. The second kappa shape index (κ2) is 9.19. The molecule has 0 bridgehead atoms. The highest BCUT2D eigenvalue weighted by Gasteiger charge is 2.22. The summed E-state index contributed by atoms with van der Waals surface area (Å²) in [5.74, 6) is 0.240. The number of anilines is 1. The Hall–Kier alpha value is -3.03. The van der Waals surface area contributed by atoms with Crippen LogP contribution in [0.15, 0.2) is 77.7 Å². The molecule has 0 saturated heterocycles. The Labute approximate surface area is 181 Å². The fraction of sp³-hybridized carbons (Fsp3) is 0.136. The van der Waals surface area contributed by atoms with Crippen molar-refractivity contribution in [1.29, 1.82) is 0 Å². The standard InChI is InChI=1S/C22H21ClN2O4S/c1-25(30(27,28)18-9-4-3-5-10-18)17-12-13-20(23)19(14-17)22(26)24-15-16-8-6-7-11-21(16)29-2/h3-14H,15H2,1-2H3,(H,24,26). The summed E-state index contributed by atoms with van der Waals surface area (Å²) in [7, 11) is -0.777. The van der Waals surface area contributed by atoms with Gasteiger partial charge in [0.1, 0.15) is 5.75 Å². The van der Waals surface area contributed by atoms with Crippen LogP contribution in [0, 0.1) is 0 Å². The highest BCUT2D eigenvalue weighted by atomic mass is 35.5. The molecule has 3 aromatic carbocycles. The Balaban J connectivity index is 1.83. The Morgan fingerprint density at radius 1 is 1.03 bits per heavy atom. The van der Waals surface area contributed by atoms with E-state index in [0.717, 1.165) is 9.87 Å². The van der Waals surface area contributed by atoms with Crippen molar-refractivity contribution in [2.45, 2.75) is 11.4 Å². The van der Waals surface area contributed by atoms with Crippen molar-refractivity contribution in [3.8, 4) is 5.75 Å². The number of para-hydroxylation sites is 1. The van der Waals surface area contributed by atoms with Gasteiger partial charge in [0.05, 0.1) is 28.3 Å². The van der Waals surface area contributed by atoms with Crippen LogP contribution in [0.25, 0.3) is 0 Å².